The standard InChI is InChI=1S/C14H17N5/c1-14(2,15-3)13-16-7-12(19-13)9-4-5-10-11(6-9)18-8-17-10/h4-8,15H,1-3H3,(H,16,19)(H,17,18). The van der Waals surface area contributed by atoms with Crippen molar-refractivity contribution in [2.75, 3.05) is 7.05 Å². The molecular weight excluding hydrogens is 238 g/mol. The van der Waals surface area contributed by atoms with Crippen molar-refractivity contribution in [3.05, 3.63) is 36.5 Å². The second-order valence-electron chi connectivity index (χ2n) is 5.15. The molecule has 0 aliphatic carbocycles. The van der Waals surface area contributed by atoms with E-state index in [1.54, 1.807) is 6.33 Å². The lowest BCUT2D eigenvalue weighted by Crippen LogP contribution is -2.34. The van der Waals surface area contributed by atoms with E-state index in [0.29, 0.717) is 0 Å². The van der Waals surface area contributed by atoms with Crippen LogP contribution in [0.1, 0.15) is 19.7 Å². The van der Waals surface area contributed by atoms with Crippen LogP contribution in [0.4, 0.5) is 0 Å². The van der Waals surface area contributed by atoms with E-state index < -0.39 is 0 Å². The molecule has 3 N–H and O–H groups in total. The number of H-pyrrole nitrogens is 2. The van der Waals surface area contributed by atoms with Crippen LogP contribution in [0.2, 0.25) is 0 Å². The highest BCUT2D eigenvalue weighted by molar-refractivity contribution is 5.80. The van der Waals surface area contributed by atoms with Crippen molar-refractivity contribution in [1.29, 1.82) is 0 Å². The first-order valence-electron chi connectivity index (χ1n) is 6.28. The molecule has 0 bridgehead atoms. The van der Waals surface area contributed by atoms with Crippen molar-refractivity contribution in [3.8, 4) is 11.3 Å². The van der Waals surface area contributed by atoms with Gasteiger partial charge in [-0.25, -0.2) is 9.97 Å². The number of aromatic nitrogens is 4. The number of rotatable bonds is 3. The largest absolute Gasteiger partial charge is 0.345 e. The monoisotopic (exact) mass is 255 g/mol. The fourth-order valence-corrected chi connectivity index (χ4v) is 2.01. The lowest BCUT2D eigenvalue weighted by Gasteiger charge is -2.20. The number of benzene rings is 1. The minimum absolute atomic E-state index is 0.170. The lowest BCUT2D eigenvalue weighted by molar-refractivity contribution is 0.421. The Morgan fingerprint density at radius 1 is 1.21 bits per heavy atom. The van der Waals surface area contributed by atoms with Crippen LogP contribution in [0.5, 0.6) is 0 Å². The Balaban J connectivity index is 2.02. The Kier molecular flexibility index (Phi) is 2.64. The van der Waals surface area contributed by atoms with E-state index in [2.05, 4.69) is 45.2 Å². The molecule has 1 aromatic carbocycles. The fraction of sp³-hybridized carbons (Fsp3) is 0.286. The molecule has 0 fully saturated rings. The normalized spacial score (nSPS) is 12.2. The SMILES string of the molecule is CNC(C)(C)c1ncc(-c2ccc3nc[nH]c3c2)[nH]1. The summed E-state index contributed by atoms with van der Waals surface area (Å²) in [5.41, 5.74) is 3.94. The molecule has 0 amide bonds. The van der Waals surface area contributed by atoms with Gasteiger partial charge in [-0.15, -0.1) is 0 Å². The molecule has 0 unspecified atom stereocenters. The molecule has 2 heterocycles. The Morgan fingerprint density at radius 2 is 2.05 bits per heavy atom. The third-order valence-corrected chi connectivity index (χ3v) is 3.52. The predicted octanol–water partition coefficient (Wildman–Crippen LogP) is 2.41. The summed E-state index contributed by atoms with van der Waals surface area (Å²) in [5.74, 6) is 0.926. The van der Waals surface area contributed by atoms with Crippen LogP contribution in [0.15, 0.2) is 30.7 Å². The molecule has 0 atom stereocenters. The average molecular weight is 255 g/mol. The summed E-state index contributed by atoms with van der Waals surface area (Å²) in [5, 5.41) is 3.24. The van der Waals surface area contributed by atoms with Crippen LogP contribution in [-0.2, 0) is 5.54 Å². The van der Waals surface area contributed by atoms with Gasteiger partial charge in [0, 0.05) is 5.56 Å². The van der Waals surface area contributed by atoms with Gasteiger partial charge in [0.25, 0.3) is 0 Å². The minimum Gasteiger partial charge on any atom is -0.345 e. The first-order valence-corrected chi connectivity index (χ1v) is 6.28. The van der Waals surface area contributed by atoms with Crippen molar-refractivity contribution in [3.63, 3.8) is 0 Å². The molecule has 0 radical (unpaired) electrons. The molecule has 0 aliphatic heterocycles. The van der Waals surface area contributed by atoms with E-state index in [-0.39, 0.29) is 5.54 Å². The van der Waals surface area contributed by atoms with Crippen LogP contribution in [0.25, 0.3) is 22.3 Å². The van der Waals surface area contributed by atoms with Gasteiger partial charge >= 0.3 is 0 Å². The van der Waals surface area contributed by atoms with Crippen LogP contribution < -0.4 is 5.32 Å². The fourth-order valence-electron chi connectivity index (χ4n) is 2.01. The molecule has 5 heteroatoms. The minimum atomic E-state index is -0.170. The van der Waals surface area contributed by atoms with Gasteiger partial charge < -0.3 is 15.3 Å². The van der Waals surface area contributed by atoms with E-state index in [1.807, 2.05) is 25.4 Å². The topological polar surface area (TPSA) is 69.4 Å². The summed E-state index contributed by atoms with van der Waals surface area (Å²) < 4.78 is 0. The highest BCUT2D eigenvalue weighted by Crippen LogP contribution is 2.24. The van der Waals surface area contributed by atoms with Gasteiger partial charge in [-0.05, 0) is 33.0 Å². The van der Waals surface area contributed by atoms with E-state index in [1.165, 1.54) is 0 Å². The third kappa shape index (κ3) is 2.02. The van der Waals surface area contributed by atoms with Gasteiger partial charge in [0.1, 0.15) is 5.82 Å². The zero-order chi connectivity index (χ0) is 13.5. The maximum absolute atomic E-state index is 4.46. The zero-order valence-electron chi connectivity index (χ0n) is 11.3. The van der Waals surface area contributed by atoms with Gasteiger partial charge in [0.2, 0.25) is 0 Å². The van der Waals surface area contributed by atoms with Gasteiger partial charge in [0.15, 0.2) is 0 Å². The van der Waals surface area contributed by atoms with Crippen LogP contribution in [0, 0.1) is 0 Å². The van der Waals surface area contributed by atoms with E-state index in [0.717, 1.165) is 28.1 Å². The highest BCUT2D eigenvalue weighted by atomic mass is 15.0. The lowest BCUT2D eigenvalue weighted by atomic mass is 10.1. The second kappa shape index (κ2) is 4.20. The van der Waals surface area contributed by atoms with Gasteiger partial charge in [-0.2, -0.15) is 0 Å². The van der Waals surface area contributed by atoms with Gasteiger partial charge in [-0.1, -0.05) is 6.07 Å². The molecule has 19 heavy (non-hydrogen) atoms. The highest BCUT2D eigenvalue weighted by Gasteiger charge is 2.21. The maximum Gasteiger partial charge on any atom is 0.126 e. The molecule has 0 aliphatic rings. The van der Waals surface area contributed by atoms with Crippen molar-refractivity contribution >= 4 is 11.0 Å². The molecule has 98 valence electrons. The number of aromatic amines is 2. The van der Waals surface area contributed by atoms with Crippen molar-refractivity contribution in [2.45, 2.75) is 19.4 Å². The predicted molar refractivity (Wildman–Crippen MR) is 75.8 cm³/mol. The summed E-state index contributed by atoms with van der Waals surface area (Å²) in [6.45, 7) is 4.18. The Hall–Kier alpha value is -2.14. The summed E-state index contributed by atoms with van der Waals surface area (Å²) in [7, 11) is 1.93. The van der Waals surface area contributed by atoms with E-state index in [9.17, 15) is 0 Å². The van der Waals surface area contributed by atoms with E-state index >= 15 is 0 Å². The van der Waals surface area contributed by atoms with Crippen LogP contribution >= 0.6 is 0 Å². The number of hydrogen-bond donors (Lipinski definition) is 3. The number of nitrogens with one attached hydrogen (secondary N) is 3. The van der Waals surface area contributed by atoms with Crippen molar-refractivity contribution in [1.82, 2.24) is 25.3 Å². The first kappa shape index (κ1) is 11.9. The second-order valence-corrected chi connectivity index (χ2v) is 5.15. The number of hydrogen-bond acceptors (Lipinski definition) is 3. The van der Waals surface area contributed by atoms with Crippen molar-refractivity contribution in [2.24, 2.45) is 0 Å². The Morgan fingerprint density at radius 3 is 2.84 bits per heavy atom. The molecule has 0 saturated carbocycles. The van der Waals surface area contributed by atoms with Crippen LogP contribution in [-0.4, -0.2) is 27.0 Å². The van der Waals surface area contributed by atoms with Crippen LogP contribution in [0.3, 0.4) is 0 Å². The quantitative estimate of drug-likeness (QED) is 0.673. The molecule has 0 spiro atoms. The zero-order valence-corrected chi connectivity index (χ0v) is 11.3. The summed E-state index contributed by atoms with van der Waals surface area (Å²) >= 11 is 0. The third-order valence-electron chi connectivity index (χ3n) is 3.52. The molecule has 5 nitrogen and oxygen atoms in total. The van der Waals surface area contributed by atoms with E-state index in [4.69, 9.17) is 0 Å². The first-order chi connectivity index (χ1) is 9.10. The maximum atomic E-state index is 4.46. The molecular formula is C14H17N5. The summed E-state index contributed by atoms with van der Waals surface area (Å²) in [6.07, 6.45) is 3.57. The van der Waals surface area contributed by atoms with Gasteiger partial charge in [-0.3, -0.25) is 0 Å². The molecule has 0 saturated heterocycles. The number of nitrogens with zero attached hydrogens (tertiary/aromatic N) is 2. The summed E-state index contributed by atoms with van der Waals surface area (Å²) in [4.78, 5) is 15.2. The Labute approximate surface area is 111 Å². The molecule has 2 aromatic heterocycles. The number of imidazole rings is 2. The average Bonchev–Trinajstić information content (AvgIpc) is 3.06. The van der Waals surface area contributed by atoms with Gasteiger partial charge in [0.05, 0.1) is 34.8 Å². The Bertz CT molecular complexity index is 707. The smallest absolute Gasteiger partial charge is 0.126 e. The summed E-state index contributed by atoms with van der Waals surface area (Å²) in [6, 6.07) is 6.13. The molecule has 3 rings (SSSR count). The number of fused-ring (bicyclic) bond motifs is 1. The molecule has 3 aromatic rings. The van der Waals surface area contributed by atoms with Crippen molar-refractivity contribution < 1.29 is 0 Å².